The molecule has 0 aliphatic carbocycles. The zero-order valence-corrected chi connectivity index (χ0v) is 10.7. The molecule has 0 heteroatoms. The van der Waals surface area contributed by atoms with Crippen molar-refractivity contribution in [1.29, 1.82) is 0 Å². The fraction of sp³-hybridized carbons (Fsp3) is 0.562. The Morgan fingerprint density at radius 1 is 0.812 bits per heavy atom. The van der Waals surface area contributed by atoms with Gasteiger partial charge in [0, 0.05) is 0 Å². The van der Waals surface area contributed by atoms with Crippen LogP contribution in [0.25, 0.3) is 0 Å². The summed E-state index contributed by atoms with van der Waals surface area (Å²) in [6.07, 6.45) is 10.2. The van der Waals surface area contributed by atoms with Gasteiger partial charge in [-0.3, -0.25) is 0 Å². The van der Waals surface area contributed by atoms with Crippen LogP contribution in [0.1, 0.15) is 56.6 Å². The van der Waals surface area contributed by atoms with Crippen LogP contribution in [0, 0.1) is 6.92 Å². The Morgan fingerprint density at radius 3 is 1.94 bits per heavy atom. The summed E-state index contributed by atoms with van der Waals surface area (Å²) in [6, 6.07) is 9.08. The highest BCUT2D eigenvalue weighted by atomic mass is 14.0. The summed E-state index contributed by atoms with van der Waals surface area (Å²) < 4.78 is 0. The molecule has 1 rings (SSSR count). The van der Waals surface area contributed by atoms with Crippen LogP contribution in [-0.4, -0.2) is 0 Å². The lowest BCUT2D eigenvalue weighted by Gasteiger charge is -2.03. The van der Waals surface area contributed by atoms with Crippen LogP contribution < -0.4 is 0 Å². The van der Waals surface area contributed by atoms with Crippen molar-refractivity contribution in [2.75, 3.05) is 0 Å². The van der Waals surface area contributed by atoms with Gasteiger partial charge in [-0.25, -0.2) is 0 Å². The molecule has 0 atom stereocenters. The zero-order valence-electron chi connectivity index (χ0n) is 10.7. The van der Waals surface area contributed by atoms with Gasteiger partial charge in [-0.1, -0.05) is 63.8 Å². The van der Waals surface area contributed by atoms with E-state index >= 15 is 0 Å². The molecular weight excluding hydrogens is 192 g/mol. The lowest BCUT2D eigenvalue weighted by atomic mass is 10.0. The molecule has 0 nitrogen and oxygen atoms in total. The Hall–Kier alpha value is -0.780. The molecule has 0 aliphatic heterocycles. The van der Waals surface area contributed by atoms with Gasteiger partial charge in [0.15, 0.2) is 0 Å². The van der Waals surface area contributed by atoms with Crippen molar-refractivity contribution in [1.82, 2.24) is 0 Å². The molecule has 0 N–H and O–H groups in total. The van der Waals surface area contributed by atoms with Crippen molar-refractivity contribution in [2.45, 2.75) is 58.3 Å². The first-order valence-electron chi connectivity index (χ1n) is 6.74. The summed E-state index contributed by atoms with van der Waals surface area (Å²) in [6.45, 7) is 6.15. The second-order valence-electron chi connectivity index (χ2n) is 4.58. The molecule has 0 bridgehead atoms. The standard InChI is InChI=1S/C16H25/c1-3-5-6-7-8-10-16-13-11-15(9-4-2)12-14-16/h11-14H,2-10H2,1H3. The van der Waals surface area contributed by atoms with Crippen molar-refractivity contribution in [3.05, 3.63) is 42.3 Å². The molecule has 0 fully saturated rings. The van der Waals surface area contributed by atoms with Gasteiger partial charge in [-0.15, -0.1) is 0 Å². The molecule has 1 aromatic rings. The molecular formula is C16H25. The van der Waals surface area contributed by atoms with Crippen molar-refractivity contribution in [3.63, 3.8) is 0 Å². The topological polar surface area (TPSA) is 0 Å². The third-order valence-corrected chi connectivity index (χ3v) is 3.06. The van der Waals surface area contributed by atoms with Gasteiger partial charge in [0.05, 0.1) is 0 Å². The van der Waals surface area contributed by atoms with Gasteiger partial charge in [0.25, 0.3) is 0 Å². The lowest BCUT2D eigenvalue weighted by Crippen LogP contribution is -1.88. The molecule has 0 unspecified atom stereocenters. The maximum atomic E-state index is 3.88. The molecule has 0 saturated heterocycles. The highest BCUT2D eigenvalue weighted by molar-refractivity contribution is 5.22. The Bertz CT molecular complexity index is 258. The highest BCUT2D eigenvalue weighted by Gasteiger charge is 1.95. The quantitative estimate of drug-likeness (QED) is 0.539. The average Bonchev–Trinajstić information content (AvgIpc) is 2.31. The molecule has 16 heavy (non-hydrogen) atoms. The predicted octanol–water partition coefficient (Wildman–Crippen LogP) is 4.97. The Balaban J connectivity index is 2.21. The van der Waals surface area contributed by atoms with Crippen LogP contribution in [0.5, 0.6) is 0 Å². The number of rotatable bonds is 8. The van der Waals surface area contributed by atoms with Crippen LogP contribution >= 0.6 is 0 Å². The monoisotopic (exact) mass is 217 g/mol. The molecule has 0 spiro atoms. The molecule has 0 aliphatic rings. The number of benzene rings is 1. The van der Waals surface area contributed by atoms with Crippen molar-refractivity contribution < 1.29 is 0 Å². The maximum Gasteiger partial charge on any atom is -0.0279 e. The summed E-state index contributed by atoms with van der Waals surface area (Å²) in [5.74, 6) is 0. The fourth-order valence-corrected chi connectivity index (χ4v) is 2.01. The van der Waals surface area contributed by atoms with Gasteiger partial charge >= 0.3 is 0 Å². The van der Waals surface area contributed by atoms with Crippen LogP contribution in [-0.2, 0) is 12.8 Å². The Morgan fingerprint density at radius 2 is 1.38 bits per heavy atom. The summed E-state index contributed by atoms with van der Waals surface area (Å²) in [4.78, 5) is 0. The van der Waals surface area contributed by atoms with Gasteiger partial charge in [0.1, 0.15) is 0 Å². The minimum absolute atomic E-state index is 0.996. The molecule has 89 valence electrons. The normalized spacial score (nSPS) is 10.6. The summed E-state index contributed by atoms with van der Waals surface area (Å²) in [7, 11) is 0. The van der Waals surface area contributed by atoms with Gasteiger partial charge in [-0.05, 0) is 36.8 Å². The first kappa shape index (κ1) is 13.3. The largest absolute Gasteiger partial charge is 0.0654 e. The van der Waals surface area contributed by atoms with Crippen molar-refractivity contribution >= 4 is 0 Å². The number of unbranched alkanes of at least 4 members (excludes halogenated alkanes) is 4. The molecule has 1 aromatic carbocycles. The van der Waals surface area contributed by atoms with E-state index < -0.39 is 0 Å². The second kappa shape index (κ2) is 8.38. The third kappa shape index (κ3) is 5.34. The highest BCUT2D eigenvalue weighted by Crippen LogP contribution is 2.11. The molecule has 0 aromatic heterocycles. The van der Waals surface area contributed by atoms with E-state index in [2.05, 4.69) is 38.1 Å². The summed E-state index contributed by atoms with van der Waals surface area (Å²) >= 11 is 0. The second-order valence-corrected chi connectivity index (χ2v) is 4.58. The van der Waals surface area contributed by atoms with Crippen molar-refractivity contribution in [2.24, 2.45) is 0 Å². The maximum absolute atomic E-state index is 3.88. The van der Waals surface area contributed by atoms with E-state index in [-0.39, 0.29) is 0 Å². The minimum atomic E-state index is 0.996. The van der Waals surface area contributed by atoms with E-state index in [4.69, 9.17) is 0 Å². The van der Waals surface area contributed by atoms with E-state index in [9.17, 15) is 0 Å². The van der Waals surface area contributed by atoms with Gasteiger partial charge in [0.2, 0.25) is 0 Å². The zero-order chi connectivity index (χ0) is 11.6. The molecule has 0 saturated carbocycles. The van der Waals surface area contributed by atoms with E-state index in [0.29, 0.717) is 0 Å². The van der Waals surface area contributed by atoms with E-state index in [1.807, 2.05) is 0 Å². The number of hydrogen-bond acceptors (Lipinski definition) is 0. The van der Waals surface area contributed by atoms with Gasteiger partial charge < -0.3 is 0 Å². The van der Waals surface area contributed by atoms with Crippen LogP contribution in [0.15, 0.2) is 24.3 Å². The summed E-state index contributed by atoms with van der Waals surface area (Å²) in [5.41, 5.74) is 2.91. The van der Waals surface area contributed by atoms with Crippen molar-refractivity contribution in [3.8, 4) is 0 Å². The first-order valence-corrected chi connectivity index (χ1v) is 6.74. The fourth-order valence-electron chi connectivity index (χ4n) is 2.01. The molecule has 0 amide bonds. The number of hydrogen-bond donors (Lipinski definition) is 0. The van der Waals surface area contributed by atoms with E-state index in [1.54, 1.807) is 0 Å². The molecule has 0 heterocycles. The molecule has 1 radical (unpaired) electrons. The van der Waals surface area contributed by atoms with Crippen LogP contribution in [0.3, 0.4) is 0 Å². The minimum Gasteiger partial charge on any atom is -0.0654 e. The average molecular weight is 217 g/mol. The lowest BCUT2D eigenvalue weighted by molar-refractivity contribution is 0.632. The smallest absolute Gasteiger partial charge is 0.0279 e. The number of aryl methyl sites for hydroxylation is 2. The van der Waals surface area contributed by atoms with Crippen LogP contribution in [0.4, 0.5) is 0 Å². The van der Waals surface area contributed by atoms with E-state index in [0.717, 1.165) is 12.8 Å². The van der Waals surface area contributed by atoms with Gasteiger partial charge in [-0.2, -0.15) is 0 Å². The SMILES string of the molecule is [CH2]CCc1ccc(CCCCCCC)cc1. The van der Waals surface area contributed by atoms with E-state index in [1.165, 1.54) is 49.7 Å². The third-order valence-electron chi connectivity index (χ3n) is 3.06. The summed E-state index contributed by atoms with van der Waals surface area (Å²) in [5, 5.41) is 0. The Kier molecular flexibility index (Phi) is 6.96. The predicted molar refractivity (Wildman–Crippen MR) is 72.6 cm³/mol. The van der Waals surface area contributed by atoms with Crippen LogP contribution in [0.2, 0.25) is 0 Å². The Labute approximate surface area is 101 Å². The first-order chi connectivity index (χ1) is 7.86.